The molecule has 0 saturated heterocycles. The number of nitrogens with one attached hydrogen (secondary N) is 1. The Kier molecular flexibility index (Phi) is 3.76. The Labute approximate surface area is 108 Å². The molecule has 1 aromatic carbocycles. The Morgan fingerprint density at radius 3 is 2.88 bits per heavy atom. The average Bonchev–Trinajstić information content (AvgIpc) is 2.36. The molecule has 0 saturated carbocycles. The number of alkyl halides is 1. The van der Waals surface area contributed by atoms with Crippen LogP contribution < -0.4 is 4.72 Å². The molecule has 0 fully saturated rings. The topological polar surface area (TPSA) is 59.1 Å². The molecule has 4 nitrogen and oxygen atoms in total. The van der Waals surface area contributed by atoms with Gasteiger partial charge in [-0.15, -0.1) is 0 Å². The zero-order valence-electron chi connectivity index (χ0n) is 8.93. The van der Waals surface area contributed by atoms with Gasteiger partial charge in [-0.3, -0.25) is 4.98 Å². The third kappa shape index (κ3) is 2.65. The van der Waals surface area contributed by atoms with Crippen LogP contribution in [0.3, 0.4) is 0 Å². The number of aromatic nitrogens is 1. The van der Waals surface area contributed by atoms with Gasteiger partial charge in [0.25, 0.3) is 0 Å². The van der Waals surface area contributed by atoms with Gasteiger partial charge in [0, 0.05) is 35.0 Å². The molecule has 1 N–H and O–H groups in total. The number of halogens is 1. The maximum absolute atomic E-state index is 12.1. The molecular formula is C11H11BrN2O2S. The molecule has 0 amide bonds. The minimum absolute atomic E-state index is 0.290. The maximum atomic E-state index is 12.1. The Morgan fingerprint density at radius 2 is 2.12 bits per heavy atom. The van der Waals surface area contributed by atoms with Gasteiger partial charge in [-0.25, -0.2) is 13.1 Å². The van der Waals surface area contributed by atoms with Crippen LogP contribution in [0.2, 0.25) is 0 Å². The zero-order valence-corrected chi connectivity index (χ0v) is 11.3. The van der Waals surface area contributed by atoms with Crippen molar-refractivity contribution < 1.29 is 8.42 Å². The van der Waals surface area contributed by atoms with Crippen LogP contribution >= 0.6 is 15.9 Å². The first-order valence-electron chi connectivity index (χ1n) is 5.03. The number of sulfonamides is 1. The van der Waals surface area contributed by atoms with E-state index in [2.05, 4.69) is 25.6 Å². The van der Waals surface area contributed by atoms with E-state index in [4.69, 9.17) is 0 Å². The molecule has 0 spiro atoms. The van der Waals surface area contributed by atoms with Gasteiger partial charge in [-0.05, 0) is 12.1 Å². The minimum atomic E-state index is -3.46. The highest BCUT2D eigenvalue weighted by Crippen LogP contribution is 2.21. The molecular weight excluding hydrogens is 304 g/mol. The van der Waals surface area contributed by atoms with Crippen LogP contribution in [-0.2, 0) is 10.0 Å². The lowest BCUT2D eigenvalue weighted by Crippen LogP contribution is -2.25. The van der Waals surface area contributed by atoms with Crippen LogP contribution in [0.5, 0.6) is 0 Å². The van der Waals surface area contributed by atoms with E-state index in [-0.39, 0.29) is 0 Å². The first kappa shape index (κ1) is 12.5. The lowest BCUT2D eigenvalue weighted by Gasteiger charge is -2.08. The summed E-state index contributed by atoms with van der Waals surface area (Å²) in [6, 6.07) is 6.86. The van der Waals surface area contributed by atoms with Crippen molar-refractivity contribution in [2.45, 2.75) is 4.90 Å². The molecule has 1 heterocycles. The summed E-state index contributed by atoms with van der Waals surface area (Å²) in [5, 5.41) is 2.08. The predicted octanol–water partition coefficient (Wildman–Crippen LogP) is 1.91. The fraction of sp³-hybridized carbons (Fsp3) is 0.182. The third-order valence-electron chi connectivity index (χ3n) is 2.32. The molecule has 0 aliphatic rings. The summed E-state index contributed by atoms with van der Waals surface area (Å²) in [6.07, 6.45) is 3.24. The molecule has 0 unspecified atom stereocenters. The van der Waals surface area contributed by atoms with Crippen molar-refractivity contribution in [3.8, 4) is 0 Å². The molecule has 2 rings (SSSR count). The number of benzene rings is 1. The van der Waals surface area contributed by atoms with Gasteiger partial charge in [-0.1, -0.05) is 28.1 Å². The zero-order chi connectivity index (χ0) is 12.3. The normalized spacial score (nSPS) is 11.8. The molecule has 0 bridgehead atoms. The fourth-order valence-electron chi connectivity index (χ4n) is 1.58. The number of nitrogens with zero attached hydrogens (tertiary/aromatic N) is 1. The Balaban J connectivity index is 2.55. The van der Waals surface area contributed by atoms with Crippen LogP contribution in [0, 0.1) is 0 Å². The smallest absolute Gasteiger partial charge is 0.241 e. The van der Waals surface area contributed by atoms with Gasteiger partial charge in [-0.2, -0.15) is 0 Å². The summed E-state index contributed by atoms with van der Waals surface area (Å²) in [7, 11) is -3.46. The van der Waals surface area contributed by atoms with Crippen molar-refractivity contribution in [3.05, 3.63) is 36.7 Å². The lowest BCUT2D eigenvalue weighted by molar-refractivity contribution is 0.585. The maximum Gasteiger partial charge on any atom is 0.241 e. The van der Waals surface area contributed by atoms with Crippen molar-refractivity contribution in [2.24, 2.45) is 0 Å². The van der Waals surface area contributed by atoms with Crippen molar-refractivity contribution in [3.63, 3.8) is 0 Å². The Morgan fingerprint density at radius 1 is 1.29 bits per heavy atom. The van der Waals surface area contributed by atoms with Gasteiger partial charge < -0.3 is 0 Å². The number of fused-ring (bicyclic) bond motifs is 1. The highest BCUT2D eigenvalue weighted by atomic mass is 79.9. The van der Waals surface area contributed by atoms with Gasteiger partial charge >= 0.3 is 0 Å². The van der Waals surface area contributed by atoms with Crippen molar-refractivity contribution in [1.82, 2.24) is 9.71 Å². The average molecular weight is 315 g/mol. The summed E-state index contributed by atoms with van der Waals surface area (Å²) in [5.74, 6) is 0. The summed E-state index contributed by atoms with van der Waals surface area (Å²) < 4.78 is 26.6. The number of rotatable bonds is 4. The van der Waals surface area contributed by atoms with E-state index in [0.29, 0.717) is 22.2 Å². The van der Waals surface area contributed by atoms with E-state index in [1.165, 1.54) is 0 Å². The van der Waals surface area contributed by atoms with Crippen LogP contribution in [0.4, 0.5) is 0 Å². The van der Waals surface area contributed by atoms with Crippen LogP contribution in [-0.4, -0.2) is 25.3 Å². The van der Waals surface area contributed by atoms with E-state index in [0.717, 1.165) is 5.39 Å². The Hall–Kier alpha value is -0.980. The highest BCUT2D eigenvalue weighted by molar-refractivity contribution is 9.09. The molecule has 0 atom stereocenters. The first-order valence-corrected chi connectivity index (χ1v) is 7.64. The minimum Gasteiger partial charge on any atom is -0.264 e. The largest absolute Gasteiger partial charge is 0.264 e. The second-order valence-corrected chi connectivity index (χ2v) is 5.97. The van der Waals surface area contributed by atoms with Crippen LogP contribution in [0.25, 0.3) is 10.8 Å². The van der Waals surface area contributed by atoms with Crippen molar-refractivity contribution >= 4 is 36.7 Å². The molecule has 0 radical (unpaired) electrons. The SMILES string of the molecule is O=S(=O)(NCCBr)c1cccc2cnccc12. The van der Waals surface area contributed by atoms with Crippen molar-refractivity contribution in [1.29, 1.82) is 0 Å². The number of hydrogen-bond donors (Lipinski definition) is 1. The number of pyridine rings is 1. The van der Waals surface area contributed by atoms with Gasteiger partial charge in [0.2, 0.25) is 10.0 Å². The standard InChI is InChI=1S/C11H11BrN2O2S/c12-5-7-14-17(15,16)11-3-1-2-9-8-13-6-4-10(9)11/h1-4,6,8,14H,5,7H2. The Bertz CT molecular complexity index is 623. The third-order valence-corrected chi connectivity index (χ3v) is 4.23. The molecule has 1 aromatic heterocycles. The molecule has 90 valence electrons. The van der Waals surface area contributed by atoms with Crippen molar-refractivity contribution in [2.75, 3.05) is 11.9 Å². The highest BCUT2D eigenvalue weighted by Gasteiger charge is 2.15. The molecule has 2 aromatic rings. The van der Waals surface area contributed by atoms with Gasteiger partial charge in [0.1, 0.15) is 0 Å². The molecule has 0 aliphatic carbocycles. The van der Waals surface area contributed by atoms with E-state index in [1.54, 1.807) is 30.6 Å². The lowest BCUT2D eigenvalue weighted by atomic mass is 10.2. The quantitative estimate of drug-likeness (QED) is 0.877. The summed E-state index contributed by atoms with van der Waals surface area (Å²) in [5.41, 5.74) is 0. The molecule has 6 heteroatoms. The van der Waals surface area contributed by atoms with E-state index < -0.39 is 10.0 Å². The van der Waals surface area contributed by atoms with Gasteiger partial charge in [0.05, 0.1) is 4.90 Å². The fourth-order valence-corrected chi connectivity index (χ4v) is 3.30. The first-order chi connectivity index (χ1) is 8.15. The van der Waals surface area contributed by atoms with E-state index >= 15 is 0 Å². The van der Waals surface area contributed by atoms with E-state index in [1.807, 2.05) is 6.07 Å². The summed E-state index contributed by atoms with van der Waals surface area (Å²) >= 11 is 3.19. The molecule has 17 heavy (non-hydrogen) atoms. The number of hydrogen-bond acceptors (Lipinski definition) is 3. The van der Waals surface area contributed by atoms with E-state index in [9.17, 15) is 8.42 Å². The van der Waals surface area contributed by atoms with Crippen LogP contribution in [0.1, 0.15) is 0 Å². The van der Waals surface area contributed by atoms with Crippen LogP contribution in [0.15, 0.2) is 41.6 Å². The summed E-state index contributed by atoms with van der Waals surface area (Å²) in [4.78, 5) is 4.27. The predicted molar refractivity (Wildman–Crippen MR) is 70.7 cm³/mol. The second-order valence-electron chi connectivity index (χ2n) is 3.44. The molecule has 0 aliphatic heterocycles. The van der Waals surface area contributed by atoms with Gasteiger partial charge in [0.15, 0.2) is 0 Å². The second kappa shape index (κ2) is 5.12. The monoisotopic (exact) mass is 314 g/mol. The summed E-state index contributed by atoms with van der Waals surface area (Å²) in [6.45, 7) is 0.365.